The van der Waals surface area contributed by atoms with Crippen LogP contribution in [0.2, 0.25) is 0 Å². The van der Waals surface area contributed by atoms with Gasteiger partial charge in [0.2, 0.25) is 5.91 Å². The summed E-state index contributed by atoms with van der Waals surface area (Å²) in [6, 6.07) is 10.9. The Kier molecular flexibility index (Phi) is 7.70. The topological polar surface area (TPSA) is 76.7 Å². The number of alkyl halides is 2. The van der Waals surface area contributed by atoms with Gasteiger partial charge in [0.15, 0.2) is 11.5 Å². The van der Waals surface area contributed by atoms with Gasteiger partial charge in [0.25, 0.3) is 5.91 Å². The summed E-state index contributed by atoms with van der Waals surface area (Å²) in [6.07, 6.45) is 2.75. The summed E-state index contributed by atoms with van der Waals surface area (Å²) in [4.78, 5) is 24.5. The summed E-state index contributed by atoms with van der Waals surface area (Å²) in [5, 5.41) is 5.43. The van der Waals surface area contributed by atoms with Gasteiger partial charge < -0.3 is 20.1 Å². The average Bonchev–Trinajstić information content (AvgIpc) is 2.66. The molecule has 2 amide bonds. The lowest BCUT2D eigenvalue weighted by atomic mass is 10.1. The average molecular weight is 404 g/mol. The number of methoxy groups -OCH3 is 1. The third-order valence-electron chi connectivity index (χ3n) is 3.68. The molecule has 29 heavy (non-hydrogen) atoms. The van der Waals surface area contributed by atoms with Crippen LogP contribution in [0.1, 0.15) is 29.8 Å². The molecule has 0 atom stereocenters. The fourth-order valence-corrected chi connectivity index (χ4v) is 2.46. The molecule has 2 aromatic carbocycles. The molecular formula is C21H22F2N2O4. The van der Waals surface area contributed by atoms with Crippen LogP contribution in [-0.4, -0.2) is 31.6 Å². The number of halogens is 2. The fourth-order valence-electron chi connectivity index (χ4n) is 2.46. The van der Waals surface area contributed by atoms with Gasteiger partial charge in [0.1, 0.15) is 0 Å². The molecule has 2 aromatic rings. The molecule has 0 spiro atoms. The van der Waals surface area contributed by atoms with E-state index in [1.54, 1.807) is 24.3 Å². The molecule has 0 unspecified atom stereocenters. The molecule has 0 saturated carbocycles. The van der Waals surface area contributed by atoms with Crippen LogP contribution in [-0.2, 0) is 4.79 Å². The van der Waals surface area contributed by atoms with Crippen molar-refractivity contribution < 1.29 is 27.8 Å². The molecule has 6 nitrogen and oxygen atoms in total. The van der Waals surface area contributed by atoms with Crippen LogP contribution in [0.25, 0.3) is 6.08 Å². The van der Waals surface area contributed by atoms with Crippen LogP contribution in [0, 0.1) is 0 Å². The number of nitrogens with one attached hydrogen (secondary N) is 2. The Balaban J connectivity index is 2.12. The minimum absolute atomic E-state index is 0.0434. The van der Waals surface area contributed by atoms with Crippen LogP contribution < -0.4 is 20.1 Å². The van der Waals surface area contributed by atoms with Crippen molar-refractivity contribution in [1.29, 1.82) is 0 Å². The zero-order valence-corrected chi connectivity index (χ0v) is 16.2. The minimum atomic E-state index is -2.97. The van der Waals surface area contributed by atoms with Crippen LogP contribution in [0.3, 0.4) is 0 Å². The number of hydrogen-bond acceptors (Lipinski definition) is 4. The molecule has 0 aliphatic rings. The van der Waals surface area contributed by atoms with Crippen LogP contribution in [0.4, 0.5) is 14.5 Å². The molecule has 0 saturated heterocycles. The Morgan fingerprint density at radius 1 is 1.07 bits per heavy atom. The summed E-state index contributed by atoms with van der Waals surface area (Å²) in [7, 11) is 1.33. The summed E-state index contributed by atoms with van der Waals surface area (Å²) >= 11 is 0. The van der Waals surface area contributed by atoms with Gasteiger partial charge in [0.05, 0.1) is 18.4 Å². The maximum absolute atomic E-state index is 12.4. The van der Waals surface area contributed by atoms with E-state index in [9.17, 15) is 18.4 Å². The Labute approximate surface area is 167 Å². The lowest BCUT2D eigenvalue weighted by Crippen LogP contribution is -2.30. The molecule has 0 radical (unpaired) electrons. The zero-order chi connectivity index (χ0) is 21.4. The number of carbonyl (C=O) groups excluding carboxylic acids is 2. The van der Waals surface area contributed by atoms with E-state index in [1.165, 1.54) is 37.5 Å². The van der Waals surface area contributed by atoms with E-state index in [-0.39, 0.29) is 23.4 Å². The van der Waals surface area contributed by atoms with Gasteiger partial charge in [-0.05, 0) is 49.8 Å². The fraction of sp³-hybridized carbons (Fsp3) is 0.238. The first-order valence-electron chi connectivity index (χ1n) is 8.82. The summed E-state index contributed by atoms with van der Waals surface area (Å²) in [6.45, 7) is 0.714. The van der Waals surface area contributed by atoms with Gasteiger partial charge in [-0.15, -0.1) is 0 Å². The summed E-state index contributed by atoms with van der Waals surface area (Å²) in [5.41, 5.74) is 1.26. The second-order valence-corrected chi connectivity index (χ2v) is 6.29. The molecule has 154 valence electrons. The highest BCUT2D eigenvalue weighted by molar-refractivity contribution is 6.07. The van der Waals surface area contributed by atoms with Crippen molar-refractivity contribution in [3.63, 3.8) is 0 Å². The van der Waals surface area contributed by atoms with Crippen molar-refractivity contribution in [2.24, 2.45) is 0 Å². The largest absolute Gasteiger partial charge is 0.493 e. The summed E-state index contributed by atoms with van der Waals surface area (Å²) in [5.74, 6) is -0.737. The second kappa shape index (κ2) is 10.2. The molecule has 2 rings (SSSR count). The van der Waals surface area contributed by atoms with Crippen molar-refractivity contribution in [3.8, 4) is 11.5 Å². The maximum Gasteiger partial charge on any atom is 0.387 e. The number of rotatable bonds is 8. The normalized spacial score (nSPS) is 11.0. The summed E-state index contributed by atoms with van der Waals surface area (Å²) < 4.78 is 34.2. The SMILES string of the molecule is COc1cc(/C=C/C(=O)Nc2ccccc2C(=O)NC(C)C)ccc1OC(F)F. The lowest BCUT2D eigenvalue weighted by Gasteiger charge is -2.12. The van der Waals surface area contributed by atoms with E-state index in [1.807, 2.05) is 13.8 Å². The number of ether oxygens (including phenoxy) is 2. The van der Waals surface area contributed by atoms with Crippen LogP contribution in [0.15, 0.2) is 48.5 Å². The Morgan fingerprint density at radius 2 is 1.79 bits per heavy atom. The third-order valence-corrected chi connectivity index (χ3v) is 3.68. The number of para-hydroxylation sites is 1. The smallest absolute Gasteiger partial charge is 0.387 e. The Morgan fingerprint density at radius 3 is 2.45 bits per heavy atom. The number of hydrogen-bond donors (Lipinski definition) is 2. The third kappa shape index (κ3) is 6.60. The predicted molar refractivity (Wildman–Crippen MR) is 106 cm³/mol. The minimum Gasteiger partial charge on any atom is -0.493 e. The molecule has 8 heteroatoms. The quantitative estimate of drug-likeness (QED) is 0.650. The predicted octanol–water partition coefficient (Wildman–Crippen LogP) is 4.09. The van der Waals surface area contributed by atoms with Gasteiger partial charge >= 0.3 is 6.61 Å². The van der Waals surface area contributed by atoms with E-state index >= 15 is 0 Å². The van der Waals surface area contributed by atoms with Gasteiger partial charge in [-0.3, -0.25) is 9.59 Å². The zero-order valence-electron chi connectivity index (χ0n) is 16.2. The highest BCUT2D eigenvalue weighted by Gasteiger charge is 2.13. The van der Waals surface area contributed by atoms with Crippen LogP contribution >= 0.6 is 0 Å². The van der Waals surface area contributed by atoms with Crippen molar-refractivity contribution in [1.82, 2.24) is 5.32 Å². The highest BCUT2D eigenvalue weighted by Crippen LogP contribution is 2.29. The molecule has 0 aliphatic heterocycles. The number of carbonyl (C=O) groups is 2. The molecule has 0 bridgehead atoms. The Hall–Kier alpha value is -3.42. The van der Waals surface area contributed by atoms with Crippen molar-refractivity contribution in [2.75, 3.05) is 12.4 Å². The molecule has 0 heterocycles. The maximum atomic E-state index is 12.4. The van der Waals surface area contributed by atoms with E-state index < -0.39 is 12.5 Å². The first kappa shape index (κ1) is 21.9. The Bertz CT molecular complexity index is 898. The molecule has 2 N–H and O–H groups in total. The number of amides is 2. The lowest BCUT2D eigenvalue weighted by molar-refractivity contribution is -0.111. The monoisotopic (exact) mass is 404 g/mol. The van der Waals surface area contributed by atoms with Crippen LogP contribution in [0.5, 0.6) is 11.5 Å². The van der Waals surface area contributed by atoms with Crippen molar-refractivity contribution in [3.05, 3.63) is 59.7 Å². The van der Waals surface area contributed by atoms with Gasteiger partial charge in [-0.2, -0.15) is 8.78 Å². The molecular weight excluding hydrogens is 382 g/mol. The van der Waals surface area contributed by atoms with E-state index in [0.29, 0.717) is 16.8 Å². The van der Waals surface area contributed by atoms with E-state index in [4.69, 9.17) is 4.74 Å². The molecule has 0 aromatic heterocycles. The molecule has 0 aliphatic carbocycles. The first-order valence-corrected chi connectivity index (χ1v) is 8.82. The van der Waals surface area contributed by atoms with Gasteiger partial charge in [-0.25, -0.2) is 0 Å². The van der Waals surface area contributed by atoms with E-state index in [0.717, 1.165) is 0 Å². The second-order valence-electron chi connectivity index (χ2n) is 6.29. The van der Waals surface area contributed by atoms with Crippen molar-refractivity contribution >= 4 is 23.6 Å². The standard InChI is InChI=1S/C21H22F2N2O4/c1-13(2)24-20(27)15-6-4-5-7-16(15)25-19(26)11-9-14-8-10-17(29-21(22)23)18(12-14)28-3/h4-13,21H,1-3H3,(H,24,27)(H,25,26)/b11-9+. The highest BCUT2D eigenvalue weighted by atomic mass is 19.3. The van der Waals surface area contributed by atoms with Gasteiger partial charge in [0, 0.05) is 12.1 Å². The number of benzene rings is 2. The first-order chi connectivity index (χ1) is 13.8. The molecule has 0 fully saturated rings. The van der Waals surface area contributed by atoms with Gasteiger partial charge in [-0.1, -0.05) is 18.2 Å². The van der Waals surface area contributed by atoms with E-state index in [2.05, 4.69) is 15.4 Å². The number of anilines is 1. The van der Waals surface area contributed by atoms with Crippen molar-refractivity contribution in [2.45, 2.75) is 26.5 Å².